The van der Waals surface area contributed by atoms with Crippen molar-refractivity contribution < 1.29 is 9.59 Å². The topological polar surface area (TPSA) is 70.2 Å². The lowest BCUT2D eigenvalue weighted by atomic mass is 10.1. The van der Waals surface area contributed by atoms with E-state index in [2.05, 4.69) is 16.0 Å². The molecule has 26 heavy (non-hydrogen) atoms. The molecule has 0 saturated carbocycles. The predicted molar refractivity (Wildman–Crippen MR) is 105 cm³/mol. The molecule has 5 heteroatoms. The van der Waals surface area contributed by atoms with Gasteiger partial charge in [-0.2, -0.15) is 0 Å². The normalized spacial score (nSPS) is 10.0. The van der Waals surface area contributed by atoms with E-state index >= 15 is 0 Å². The van der Waals surface area contributed by atoms with Crippen LogP contribution in [0, 0.1) is 6.92 Å². The van der Waals surface area contributed by atoms with Gasteiger partial charge in [0, 0.05) is 22.6 Å². The molecule has 3 aromatic carbocycles. The Morgan fingerprint density at radius 3 is 1.69 bits per heavy atom. The Bertz CT molecular complexity index is 889. The molecule has 3 N–H and O–H groups in total. The number of rotatable bonds is 4. The number of carbonyl (C=O) groups excluding carboxylic acids is 2. The minimum atomic E-state index is -0.326. The molecular formula is C21H19N3O2. The Morgan fingerprint density at radius 2 is 1.12 bits per heavy atom. The average Bonchev–Trinajstić information content (AvgIpc) is 2.64. The van der Waals surface area contributed by atoms with Gasteiger partial charge in [-0.15, -0.1) is 0 Å². The first-order valence-electron chi connectivity index (χ1n) is 8.21. The van der Waals surface area contributed by atoms with Gasteiger partial charge in [-0.25, -0.2) is 4.79 Å². The van der Waals surface area contributed by atoms with E-state index in [4.69, 9.17) is 0 Å². The number of benzene rings is 3. The SMILES string of the molecule is Cc1ccc(C(=O)Nc2ccc(NC(=O)Nc3ccccc3)cc2)cc1. The van der Waals surface area contributed by atoms with Crippen LogP contribution in [0.2, 0.25) is 0 Å². The maximum atomic E-state index is 12.2. The zero-order chi connectivity index (χ0) is 18.4. The molecule has 3 aromatic rings. The fourth-order valence-corrected chi connectivity index (χ4v) is 2.36. The van der Waals surface area contributed by atoms with E-state index in [1.54, 1.807) is 36.4 Å². The lowest BCUT2D eigenvalue weighted by Gasteiger charge is -2.09. The van der Waals surface area contributed by atoms with Crippen LogP contribution in [0.25, 0.3) is 0 Å². The van der Waals surface area contributed by atoms with Crippen molar-refractivity contribution in [3.63, 3.8) is 0 Å². The zero-order valence-corrected chi connectivity index (χ0v) is 14.3. The molecule has 3 rings (SSSR count). The van der Waals surface area contributed by atoms with Crippen LogP contribution in [-0.4, -0.2) is 11.9 Å². The number of hydrogen-bond donors (Lipinski definition) is 3. The van der Waals surface area contributed by atoms with E-state index in [1.165, 1.54) is 0 Å². The van der Waals surface area contributed by atoms with Crippen molar-refractivity contribution in [3.05, 3.63) is 90.0 Å². The van der Waals surface area contributed by atoms with Crippen molar-refractivity contribution in [2.75, 3.05) is 16.0 Å². The molecule has 3 amide bonds. The van der Waals surface area contributed by atoms with Gasteiger partial charge in [-0.05, 0) is 55.5 Å². The highest BCUT2D eigenvalue weighted by Gasteiger charge is 2.06. The van der Waals surface area contributed by atoms with Crippen molar-refractivity contribution >= 4 is 29.0 Å². The van der Waals surface area contributed by atoms with Gasteiger partial charge in [0.2, 0.25) is 0 Å². The van der Waals surface area contributed by atoms with Crippen LogP contribution in [-0.2, 0) is 0 Å². The number of nitrogens with one attached hydrogen (secondary N) is 3. The second-order valence-electron chi connectivity index (χ2n) is 5.84. The number of para-hydroxylation sites is 1. The number of carbonyl (C=O) groups is 2. The molecule has 0 radical (unpaired) electrons. The van der Waals surface area contributed by atoms with E-state index in [1.807, 2.05) is 49.4 Å². The standard InChI is InChI=1S/C21H19N3O2/c1-15-7-9-16(10-8-15)20(25)22-18-11-13-19(14-12-18)24-21(26)23-17-5-3-2-4-6-17/h2-14H,1H3,(H,22,25)(H2,23,24,26). The van der Waals surface area contributed by atoms with Crippen molar-refractivity contribution in [1.82, 2.24) is 0 Å². The fourth-order valence-electron chi connectivity index (χ4n) is 2.36. The van der Waals surface area contributed by atoms with Gasteiger partial charge >= 0.3 is 6.03 Å². The third-order valence-corrected chi connectivity index (χ3v) is 3.75. The molecule has 0 aliphatic carbocycles. The average molecular weight is 345 g/mol. The Labute approximate surface area is 152 Å². The maximum absolute atomic E-state index is 12.2. The summed E-state index contributed by atoms with van der Waals surface area (Å²) in [5.41, 5.74) is 3.70. The van der Waals surface area contributed by atoms with Crippen LogP contribution in [0.5, 0.6) is 0 Å². The molecule has 0 atom stereocenters. The molecule has 0 saturated heterocycles. The van der Waals surface area contributed by atoms with Crippen LogP contribution in [0.4, 0.5) is 21.9 Å². The first kappa shape index (κ1) is 17.2. The molecule has 130 valence electrons. The third-order valence-electron chi connectivity index (χ3n) is 3.75. The van der Waals surface area contributed by atoms with E-state index < -0.39 is 0 Å². The van der Waals surface area contributed by atoms with E-state index in [0.717, 1.165) is 5.56 Å². The van der Waals surface area contributed by atoms with E-state index in [0.29, 0.717) is 22.6 Å². The van der Waals surface area contributed by atoms with Crippen molar-refractivity contribution in [1.29, 1.82) is 0 Å². The van der Waals surface area contributed by atoms with Crippen molar-refractivity contribution in [2.24, 2.45) is 0 Å². The summed E-state index contributed by atoms with van der Waals surface area (Å²) in [6.07, 6.45) is 0. The van der Waals surface area contributed by atoms with Gasteiger partial charge < -0.3 is 16.0 Å². The Kier molecular flexibility index (Phi) is 5.29. The second-order valence-corrected chi connectivity index (χ2v) is 5.84. The van der Waals surface area contributed by atoms with Crippen LogP contribution < -0.4 is 16.0 Å². The van der Waals surface area contributed by atoms with Crippen LogP contribution >= 0.6 is 0 Å². The summed E-state index contributed by atoms with van der Waals surface area (Å²) in [6, 6.07) is 23.2. The minimum Gasteiger partial charge on any atom is -0.322 e. The molecule has 0 unspecified atom stereocenters. The highest BCUT2D eigenvalue weighted by atomic mass is 16.2. The summed E-state index contributed by atoms with van der Waals surface area (Å²) in [6.45, 7) is 1.97. The van der Waals surface area contributed by atoms with Crippen LogP contribution in [0.15, 0.2) is 78.9 Å². The van der Waals surface area contributed by atoms with Crippen molar-refractivity contribution in [2.45, 2.75) is 6.92 Å². The summed E-state index contributed by atoms with van der Waals surface area (Å²) >= 11 is 0. The molecule has 0 fully saturated rings. The maximum Gasteiger partial charge on any atom is 0.323 e. The van der Waals surface area contributed by atoms with Gasteiger partial charge in [0.25, 0.3) is 5.91 Å². The summed E-state index contributed by atoms with van der Waals surface area (Å²) in [5, 5.41) is 8.32. The van der Waals surface area contributed by atoms with Gasteiger partial charge in [0.1, 0.15) is 0 Å². The molecule has 0 aliphatic heterocycles. The summed E-state index contributed by atoms with van der Waals surface area (Å²) in [7, 11) is 0. The quantitative estimate of drug-likeness (QED) is 0.630. The third kappa shape index (κ3) is 4.70. The van der Waals surface area contributed by atoms with Crippen molar-refractivity contribution in [3.8, 4) is 0 Å². The van der Waals surface area contributed by atoms with Crippen LogP contribution in [0.1, 0.15) is 15.9 Å². The molecular weight excluding hydrogens is 326 g/mol. The summed E-state index contributed by atoms with van der Waals surface area (Å²) in [4.78, 5) is 24.2. The first-order valence-corrected chi connectivity index (χ1v) is 8.21. The molecule has 0 heterocycles. The summed E-state index contributed by atoms with van der Waals surface area (Å²) < 4.78 is 0. The lowest BCUT2D eigenvalue weighted by Crippen LogP contribution is -2.19. The largest absolute Gasteiger partial charge is 0.323 e. The fraction of sp³-hybridized carbons (Fsp3) is 0.0476. The molecule has 0 aromatic heterocycles. The zero-order valence-electron chi connectivity index (χ0n) is 14.3. The molecule has 5 nitrogen and oxygen atoms in total. The molecule has 0 bridgehead atoms. The Hall–Kier alpha value is -3.60. The number of anilines is 3. The number of amides is 3. The number of hydrogen-bond acceptors (Lipinski definition) is 2. The Balaban J connectivity index is 1.57. The second kappa shape index (κ2) is 7.98. The first-order chi connectivity index (χ1) is 12.6. The van der Waals surface area contributed by atoms with E-state index in [-0.39, 0.29) is 11.9 Å². The highest BCUT2D eigenvalue weighted by molar-refractivity contribution is 6.04. The lowest BCUT2D eigenvalue weighted by molar-refractivity contribution is 0.102. The number of aryl methyl sites for hydroxylation is 1. The van der Waals surface area contributed by atoms with E-state index in [9.17, 15) is 9.59 Å². The van der Waals surface area contributed by atoms with Gasteiger partial charge in [0.05, 0.1) is 0 Å². The minimum absolute atomic E-state index is 0.174. The van der Waals surface area contributed by atoms with Crippen LogP contribution in [0.3, 0.4) is 0 Å². The molecule has 0 spiro atoms. The predicted octanol–water partition coefficient (Wildman–Crippen LogP) is 4.89. The smallest absolute Gasteiger partial charge is 0.322 e. The van der Waals surface area contributed by atoms with Gasteiger partial charge in [-0.1, -0.05) is 35.9 Å². The van der Waals surface area contributed by atoms with Gasteiger partial charge in [-0.3, -0.25) is 4.79 Å². The number of urea groups is 1. The monoisotopic (exact) mass is 345 g/mol. The highest BCUT2D eigenvalue weighted by Crippen LogP contribution is 2.15. The molecule has 0 aliphatic rings. The Morgan fingerprint density at radius 1 is 0.615 bits per heavy atom. The summed E-state index contributed by atoms with van der Waals surface area (Å²) in [5.74, 6) is -0.174. The van der Waals surface area contributed by atoms with Gasteiger partial charge in [0.15, 0.2) is 0 Å².